The summed E-state index contributed by atoms with van der Waals surface area (Å²) in [6, 6.07) is 27.1. The van der Waals surface area contributed by atoms with Gasteiger partial charge in [0.15, 0.2) is 0 Å². The summed E-state index contributed by atoms with van der Waals surface area (Å²) in [5.74, 6) is 0.209. The van der Waals surface area contributed by atoms with E-state index in [0.717, 1.165) is 31.6 Å². The van der Waals surface area contributed by atoms with Crippen LogP contribution in [-0.4, -0.2) is 59.3 Å². The number of rotatable bonds is 4. The average Bonchev–Trinajstić information content (AvgIpc) is 2.84. The second-order valence-electron chi connectivity index (χ2n) is 9.47. The number of aliphatic hydroxyl groups is 1. The molecule has 3 aromatic carbocycles. The van der Waals surface area contributed by atoms with E-state index in [9.17, 15) is 9.90 Å². The second kappa shape index (κ2) is 10.00. The summed E-state index contributed by atoms with van der Waals surface area (Å²) in [5, 5.41) is 13.3. The molecule has 3 atom stereocenters. The maximum atomic E-state index is 13.1. The molecular weight excluding hydrogens is 422 g/mol. The monoisotopic (exact) mass is 455 g/mol. The summed E-state index contributed by atoms with van der Waals surface area (Å²) < 4.78 is 0. The van der Waals surface area contributed by atoms with Crippen LogP contribution in [0.3, 0.4) is 0 Å². The van der Waals surface area contributed by atoms with Gasteiger partial charge in [-0.2, -0.15) is 0 Å². The Labute approximate surface area is 202 Å². The largest absolute Gasteiger partial charge is 0.395 e. The van der Waals surface area contributed by atoms with Crippen LogP contribution in [0.1, 0.15) is 29.9 Å². The van der Waals surface area contributed by atoms with Crippen molar-refractivity contribution >= 4 is 11.7 Å². The number of hydrogen-bond donors (Lipinski definition) is 2. The van der Waals surface area contributed by atoms with Gasteiger partial charge in [-0.25, -0.2) is 4.79 Å². The summed E-state index contributed by atoms with van der Waals surface area (Å²) in [4.78, 5) is 17.4. The minimum absolute atomic E-state index is 0.0471. The Morgan fingerprint density at radius 1 is 0.941 bits per heavy atom. The third-order valence-electron chi connectivity index (χ3n) is 7.43. The second-order valence-corrected chi connectivity index (χ2v) is 9.47. The molecule has 2 saturated heterocycles. The minimum Gasteiger partial charge on any atom is -0.395 e. The standard InChI is InChI=1S/C29H33N3O2/c1-21-9-5-6-12-25(21)22-13-15-23(16-14-22)28-26-19-31(17-7-8-18-32(26)27(28)20-33)29(34)30-24-10-3-2-4-11-24/h2-6,9-16,26-28,33H,7-8,17-20H2,1H3,(H,30,34)/t26-,27+,28+/m1/s1. The molecule has 34 heavy (non-hydrogen) atoms. The van der Waals surface area contributed by atoms with E-state index >= 15 is 0 Å². The molecule has 0 spiro atoms. The van der Waals surface area contributed by atoms with E-state index < -0.39 is 0 Å². The van der Waals surface area contributed by atoms with Crippen molar-refractivity contribution in [2.75, 3.05) is 31.6 Å². The van der Waals surface area contributed by atoms with E-state index in [-0.39, 0.29) is 30.6 Å². The van der Waals surface area contributed by atoms with Crippen molar-refractivity contribution in [2.45, 2.75) is 37.8 Å². The molecule has 3 aromatic rings. The van der Waals surface area contributed by atoms with Crippen LogP contribution in [-0.2, 0) is 0 Å². The zero-order valence-corrected chi connectivity index (χ0v) is 19.7. The molecule has 2 aliphatic rings. The number of fused-ring (bicyclic) bond motifs is 1. The van der Waals surface area contributed by atoms with Gasteiger partial charge in [0.25, 0.3) is 0 Å². The number of nitrogens with zero attached hydrogens (tertiary/aromatic N) is 2. The Hall–Kier alpha value is -3.15. The van der Waals surface area contributed by atoms with E-state index in [2.05, 4.69) is 65.7 Å². The smallest absolute Gasteiger partial charge is 0.321 e. The van der Waals surface area contributed by atoms with E-state index in [1.807, 2.05) is 35.2 Å². The lowest BCUT2D eigenvalue weighted by Gasteiger charge is -2.57. The number of urea groups is 1. The van der Waals surface area contributed by atoms with E-state index in [1.165, 1.54) is 22.3 Å². The van der Waals surface area contributed by atoms with Gasteiger partial charge in [-0.1, -0.05) is 66.7 Å². The number of aryl methyl sites for hydroxylation is 1. The fraction of sp³-hybridized carbons (Fsp3) is 0.345. The number of aliphatic hydroxyl groups excluding tert-OH is 1. The maximum Gasteiger partial charge on any atom is 0.321 e. The Kier molecular flexibility index (Phi) is 6.66. The van der Waals surface area contributed by atoms with E-state index in [1.54, 1.807) is 0 Å². The van der Waals surface area contributed by atoms with Gasteiger partial charge in [0.1, 0.15) is 0 Å². The van der Waals surface area contributed by atoms with Gasteiger partial charge in [-0.3, -0.25) is 4.90 Å². The first-order valence-electron chi connectivity index (χ1n) is 12.3. The van der Waals surface area contributed by atoms with Gasteiger partial charge in [-0.15, -0.1) is 0 Å². The van der Waals surface area contributed by atoms with Crippen LogP contribution < -0.4 is 5.32 Å². The SMILES string of the molecule is Cc1ccccc1-c1ccc([C@H]2[C@H]3CN(C(=O)Nc4ccccc4)CCCCN3[C@H]2CO)cc1. The highest BCUT2D eigenvalue weighted by atomic mass is 16.3. The summed E-state index contributed by atoms with van der Waals surface area (Å²) >= 11 is 0. The third-order valence-corrected chi connectivity index (χ3v) is 7.43. The van der Waals surface area contributed by atoms with Crippen molar-refractivity contribution in [2.24, 2.45) is 0 Å². The molecule has 0 unspecified atom stereocenters. The molecule has 2 amide bonds. The molecule has 5 heteroatoms. The highest BCUT2D eigenvalue weighted by Crippen LogP contribution is 2.42. The van der Waals surface area contributed by atoms with E-state index in [4.69, 9.17) is 0 Å². The average molecular weight is 456 g/mol. The Morgan fingerprint density at radius 3 is 2.38 bits per heavy atom. The van der Waals surface area contributed by atoms with Gasteiger partial charge in [0, 0.05) is 36.8 Å². The molecule has 2 aliphatic heterocycles. The molecule has 0 saturated carbocycles. The minimum atomic E-state index is -0.0471. The van der Waals surface area contributed by atoms with Crippen LogP contribution in [0.4, 0.5) is 10.5 Å². The van der Waals surface area contributed by atoms with Crippen LogP contribution in [0.5, 0.6) is 0 Å². The number of hydrogen-bond acceptors (Lipinski definition) is 3. The third kappa shape index (κ3) is 4.46. The molecule has 0 bridgehead atoms. The molecule has 0 radical (unpaired) electrons. The molecule has 2 fully saturated rings. The quantitative estimate of drug-likeness (QED) is 0.574. The Morgan fingerprint density at radius 2 is 1.65 bits per heavy atom. The molecule has 0 aliphatic carbocycles. The lowest BCUT2D eigenvalue weighted by molar-refractivity contribution is -0.0585. The lowest BCUT2D eigenvalue weighted by Crippen LogP contribution is -2.68. The van der Waals surface area contributed by atoms with Crippen molar-refractivity contribution in [3.8, 4) is 11.1 Å². The first-order valence-corrected chi connectivity index (χ1v) is 12.3. The van der Waals surface area contributed by atoms with Crippen molar-refractivity contribution < 1.29 is 9.90 Å². The van der Waals surface area contributed by atoms with Crippen LogP contribution in [0.2, 0.25) is 0 Å². The normalized spacial score (nSPS) is 22.8. The summed E-state index contributed by atoms with van der Waals surface area (Å²) in [5.41, 5.74) is 5.77. The van der Waals surface area contributed by atoms with Gasteiger partial charge in [0.2, 0.25) is 0 Å². The Balaban J connectivity index is 1.36. The van der Waals surface area contributed by atoms with Gasteiger partial charge in [0.05, 0.1) is 6.61 Å². The zero-order valence-electron chi connectivity index (χ0n) is 19.7. The highest BCUT2D eigenvalue weighted by Gasteiger charge is 2.49. The number of amides is 2. The molecule has 2 N–H and O–H groups in total. The maximum absolute atomic E-state index is 13.1. The fourth-order valence-corrected chi connectivity index (χ4v) is 5.63. The van der Waals surface area contributed by atoms with Crippen molar-refractivity contribution in [1.29, 1.82) is 0 Å². The number of carbonyl (C=O) groups is 1. The molecule has 176 valence electrons. The van der Waals surface area contributed by atoms with Crippen molar-refractivity contribution in [1.82, 2.24) is 9.80 Å². The van der Waals surface area contributed by atoms with Gasteiger partial charge >= 0.3 is 6.03 Å². The van der Waals surface area contributed by atoms with E-state index in [0.29, 0.717) is 6.54 Å². The first-order chi connectivity index (χ1) is 16.7. The summed E-state index contributed by atoms with van der Waals surface area (Å²) in [7, 11) is 0. The predicted octanol–water partition coefficient (Wildman–Crippen LogP) is 5.12. The van der Waals surface area contributed by atoms with Gasteiger partial charge in [-0.05, 0) is 60.7 Å². The highest BCUT2D eigenvalue weighted by molar-refractivity contribution is 5.89. The van der Waals surface area contributed by atoms with Gasteiger partial charge < -0.3 is 15.3 Å². The van der Waals surface area contributed by atoms with Crippen LogP contribution in [0, 0.1) is 6.92 Å². The van der Waals surface area contributed by atoms with Crippen molar-refractivity contribution in [3.63, 3.8) is 0 Å². The zero-order chi connectivity index (χ0) is 23.5. The van der Waals surface area contributed by atoms with Crippen LogP contribution in [0.25, 0.3) is 11.1 Å². The predicted molar refractivity (Wildman–Crippen MR) is 137 cm³/mol. The molecular formula is C29H33N3O2. The van der Waals surface area contributed by atoms with Crippen LogP contribution >= 0.6 is 0 Å². The summed E-state index contributed by atoms with van der Waals surface area (Å²) in [6.07, 6.45) is 2.00. The molecule has 2 heterocycles. The number of para-hydroxylation sites is 1. The molecule has 0 aromatic heterocycles. The number of carbonyl (C=O) groups excluding carboxylic acids is 1. The Bertz CT molecular complexity index is 1120. The molecule has 5 nitrogen and oxygen atoms in total. The summed E-state index contributed by atoms with van der Waals surface area (Å²) in [6.45, 7) is 4.67. The number of nitrogens with one attached hydrogen (secondary N) is 1. The lowest BCUT2D eigenvalue weighted by atomic mass is 9.74. The first kappa shape index (κ1) is 22.6. The van der Waals surface area contributed by atoms with Crippen molar-refractivity contribution in [3.05, 3.63) is 90.0 Å². The fourth-order valence-electron chi connectivity index (χ4n) is 5.63. The number of benzene rings is 3. The van der Waals surface area contributed by atoms with Crippen LogP contribution in [0.15, 0.2) is 78.9 Å². The molecule has 5 rings (SSSR count). The topological polar surface area (TPSA) is 55.8 Å². The number of anilines is 1.